The molecule has 1 saturated heterocycles. The Labute approximate surface area is 96.9 Å². The van der Waals surface area contributed by atoms with Crippen LogP contribution in [0.5, 0.6) is 0 Å². The van der Waals surface area contributed by atoms with Crippen LogP contribution in [0.15, 0.2) is 24.3 Å². The van der Waals surface area contributed by atoms with E-state index >= 15 is 0 Å². The predicted octanol–water partition coefficient (Wildman–Crippen LogP) is 0.708. The average molecular weight is 259 g/mol. The van der Waals surface area contributed by atoms with E-state index in [2.05, 4.69) is 0 Å². The Balaban J connectivity index is 2.34. The fourth-order valence-corrected chi connectivity index (χ4v) is 2.54. The lowest BCUT2D eigenvalue weighted by atomic mass is 10.0. The van der Waals surface area contributed by atoms with Gasteiger partial charge in [0.15, 0.2) is 0 Å². The molecule has 0 radical (unpaired) electrons. The fraction of sp³-hybridized carbons (Fsp3) is 0.333. The summed E-state index contributed by atoms with van der Waals surface area (Å²) in [5.41, 5.74) is -0.906. The molecule has 2 rings (SSSR count). The molecule has 92 valence electrons. The van der Waals surface area contributed by atoms with Crippen molar-refractivity contribution in [2.75, 3.05) is 12.4 Å². The van der Waals surface area contributed by atoms with Crippen LogP contribution in [-0.2, 0) is 20.5 Å². The van der Waals surface area contributed by atoms with Crippen LogP contribution in [0.25, 0.3) is 0 Å². The van der Waals surface area contributed by atoms with Gasteiger partial charge in [0.05, 0.1) is 11.5 Å². The highest BCUT2D eigenvalue weighted by atomic mass is 32.2. The largest absolute Gasteiger partial charge is 0.363 e. The summed E-state index contributed by atoms with van der Waals surface area (Å²) in [7, 11) is -4.20. The van der Waals surface area contributed by atoms with Crippen LogP contribution in [0.4, 0.5) is 5.69 Å². The van der Waals surface area contributed by atoms with Gasteiger partial charge in [-0.3, -0.25) is 14.7 Å². The normalized spacial score (nSPS) is 23.4. The Morgan fingerprint density at radius 1 is 1.53 bits per heavy atom. The number of rotatable bonds is 4. The van der Waals surface area contributed by atoms with E-state index in [-0.39, 0.29) is 12.3 Å². The van der Waals surface area contributed by atoms with Crippen LogP contribution in [0, 0.1) is 10.1 Å². The number of nitro groups is 1. The molecule has 0 bridgehead atoms. The molecule has 0 aromatic heterocycles. The Morgan fingerprint density at radius 3 is 2.65 bits per heavy atom. The maximum absolute atomic E-state index is 10.8. The van der Waals surface area contributed by atoms with Gasteiger partial charge in [0, 0.05) is 12.1 Å². The fourth-order valence-electron chi connectivity index (χ4n) is 1.62. The SMILES string of the molecule is O=[N+]([O-])c1cccc([C@]2(CS(=O)(=O)O)CO2)c1. The summed E-state index contributed by atoms with van der Waals surface area (Å²) in [6, 6.07) is 5.53. The molecule has 1 aromatic rings. The molecule has 17 heavy (non-hydrogen) atoms. The maximum atomic E-state index is 10.8. The molecule has 1 heterocycles. The highest BCUT2D eigenvalue weighted by Gasteiger charge is 2.50. The molecule has 0 saturated carbocycles. The van der Waals surface area contributed by atoms with Crippen molar-refractivity contribution in [3.8, 4) is 0 Å². The monoisotopic (exact) mass is 259 g/mol. The van der Waals surface area contributed by atoms with E-state index in [1.807, 2.05) is 0 Å². The van der Waals surface area contributed by atoms with Gasteiger partial charge in [-0.1, -0.05) is 12.1 Å². The number of ether oxygens (including phenoxy) is 1. The molecule has 0 aliphatic carbocycles. The minimum atomic E-state index is -4.20. The molecule has 0 spiro atoms. The van der Waals surface area contributed by atoms with E-state index < -0.39 is 26.4 Å². The van der Waals surface area contributed by atoms with Crippen LogP contribution < -0.4 is 0 Å². The van der Waals surface area contributed by atoms with E-state index in [1.54, 1.807) is 0 Å². The van der Waals surface area contributed by atoms with Crippen LogP contribution in [0.1, 0.15) is 5.56 Å². The summed E-state index contributed by atoms with van der Waals surface area (Å²) < 4.78 is 35.5. The molecule has 0 unspecified atom stereocenters. The van der Waals surface area contributed by atoms with Gasteiger partial charge in [-0.05, 0) is 5.56 Å². The third-order valence-corrected chi connectivity index (χ3v) is 3.32. The maximum Gasteiger partial charge on any atom is 0.269 e. The van der Waals surface area contributed by atoms with Crippen molar-refractivity contribution in [1.82, 2.24) is 0 Å². The van der Waals surface area contributed by atoms with Gasteiger partial charge in [-0.25, -0.2) is 0 Å². The lowest BCUT2D eigenvalue weighted by Gasteiger charge is -2.09. The smallest absolute Gasteiger partial charge is 0.269 e. The summed E-state index contributed by atoms with van der Waals surface area (Å²) in [5, 5.41) is 10.6. The Morgan fingerprint density at radius 2 is 2.18 bits per heavy atom. The molecule has 8 heteroatoms. The van der Waals surface area contributed by atoms with Crippen LogP contribution in [-0.4, -0.2) is 30.3 Å². The lowest BCUT2D eigenvalue weighted by Crippen LogP contribution is -2.21. The number of nitrogens with zero attached hydrogens (tertiary/aromatic N) is 1. The van der Waals surface area contributed by atoms with E-state index in [0.29, 0.717) is 5.56 Å². The summed E-state index contributed by atoms with van der Waals surface area (Å²) in [5.74, 6) is -0.596. The zero-order valence-corrected chi connectivity index (χ0v) is 9.38. The van der Waals surface area contributed by atoms with Crippen molar-refractivity contribution < 1.29 is 22.6 Å². The topological polar surface area (TPSA) is 110 Å². The summed E-state index contributed by atoms with van der Waals surface area (Å²) in [4.78, 5) is 10.0. The van der Waals surface area contributed by atoms with Crippen molar-refractivity contribution in [3.05, 3.63) is 39.9 Å². The first-order valence-corrected chi connectivity index (χ1v) is 6.27. The summed E-state index contributed by atoms with van der Waals surface area (Å²) in [6.07, 6.45) is 0. The molecule has 1 aliphatic rings. The Hall–Kier alpha value is -1.51. The van der Waals surface area contributed by atoms with Crippen molar-refractivity contribution in [1.29, 1.82) is 0 Å². The van der Waals surface area contributed by atoms with Crippen LogP contribution >= 0.6 is 0 Å². The van der Waals surface area contributed by atoms with Crippen LogP contribution in [0.3, 0.4) is 0 Å². The van der Waals surface area contributed by atoms with Crippen molar-refractivity contribution in [3.63, 3.8) is 0 Å². The van der Waals surface area contributed by atoms with Gasteiger partial charge in [0.2, 0.25) is 0 Å². The highest BCUT2D eigenvalue weighted by molar-refractivity contribution is 7.85. The Bertz CT molecular complexity index is 563. The average Bonchev–Trinajstić information content (AvgIpc) is 2.96. The number of benzene rings is 1. The number of hydrogen-bond acceptors (Lipinski definition) is 5. The third-order valence-electron chi connectivity index (χ3n) is 2.49. The molecular weight excluding hydrogens is 250 g/mol. The standard InChI is InChI=1S/C9H9NO6S/c11-10(12)8-3-1-2-7(4-8)9(5-16-9)6-17(13,14)15/h1-4H,5-6H2,(H,13,14,15)/t9-/m1/s1. The van der Waals surface area contributed by atoms with Gasteiger partial charge in [-0.2, -0.15) is 8.42 Å². The minimum Gasteiger partial charge on any atom is -0.363 e. The first-order chi connectivity index (χ1) is 7.82. The van der Waals surface area contributed by atoms with E-state index in [1.165, 1.54) is 24.3 Å². The second-order valence-corrected chi connectivity index (χ2v) is 5.27. The van der Waals surface area contributed by atoms with E-state index in [4.69, 9.17) is 9.29 Å². The molecule has 1 aromatic carbocycles. The first kappa shape index (κ1) is 12.0. The molecule has 1 N–H and O–H groups in total. The van der Waals surface area contributed by atoms with Gasteiger partial charge in [-0.15, -0.1) is 0 Å². The highest BCUT2D eigenvalue weighted by Crippen LogP contribution is 2.40. The number of non-ortho nitro benzene ring substituents is 1. The molecular formula is C9H9NO6S. The first-order valence-electron chi connectivity index (χ1n) is 4.66. The zero-order chi connectivity index (χ0) is 12.7. The van der Waals surface area contributed by atoms with Gasteiger partial charge in [0.25, 0.3) is 15.8 Å². The summed E-state index contributed by atoms with van der Waals surface area (Å²) >= 11 is 0. The predicted molar refractivity (Wildman–Crippen MR) is 57.1 cm³/mol. The molecule has 7 nitrogen and oxygen atoms in total. The van der Waals surface area contributed by atoms with Gasteiger partial charge < -0.3 is 4.74 Å². The second-order valence-electron chi connectivity index (χ2n) is 3.82. The number of epoxide rings is 1. The molecule has 1 atom stereocenters. The zero-order valence-electron chi connectivity index (χ0n) is 8.57. The van der Waals surface area contributed by atoms with Gasteiger partial charge in [0.1, 0.15) is 11.4 Å². The van der Waals surface area contributed by atoms with Crippen molar-refractivity contribution in [2.45, 2.75) is 5.60 Å². The van der Waals surface area contributed by atoms with E-state index in [0.717, 1.165) is 0 Å². The molecule has 1 aliphatic heterocycles. The van der Waals surface area contributed by atoms with Crippen molar-refractivity contribution >= 4 is 15.8 Å². The summed E-state index contributed by atoms with van der Waals surface area (Å²) in [6.45, 7) is 0.119. The molecule has 1 fully saturated rings. The van der Waals surface area contributed by atoms with E-state index in [9.17, 15) is 18.5 Å². The minimum absolute atomic E-state index is 0.119. The Kier molecular flexibility index (Phi) is 2.64. The van der Waals surface area contributed by atoms with Crippen LogP contribution in [0.2, 0.25) is 0 Å². The van der Waals surface area contributed by atoms with Gasteiger partial charge >= 0.3 is 0 Å². The molecule has 0 amide bonds. The quantitative estimate of drug-likeness (QED) is 0.369. The number of nitro benzene ring substituents is 1. The number of hydrogen-bond donors (Lipinski definition) is 1. The van der Waals surface area contributed by atoms with Crippen molar-refractivity contribution in [2.24, 2.45) is 0 Å². The third kappa shape index (κ3) is 2.60. The lowest BCUT2D eigenvalue weighted by molar-refractivity contribution is -0.385. The second kappa shape index (κ2) is 3.76.